The minimum Gasteiger partial charge on any atom is -0.255 e. The summed E-state index contributed by atoms with van der Waals surface area (Å²) in [6.45, 7) is 21.0. The third-order valence-electron chi connectivity index (χ3n) is 7.16. The summed E-state index contributed by atoms with van der Waals surface area (Å²) in [7, 11) is -1.49. The lowest BCUT2D eigenvalue weighted by Crippen LogP contribution is -2.39. The van der Waals surface area contributed by atoms with Crippen LogP contribution in [0.5, 0.6) is 0 Å². The first-order valence-corrected chi connectivity index (χ1v) is 16.5. The van der Waals surface area contributed by atoms with Crippen molar-refractivity contribution >= 4 is 55.5 Å². The summed E-state index contributed by atoms with van der Waals surface area (Å²) in [5.41, 5.74) is 7.90. The second-order valence-corrected chi connectivity index (χ2v) is 18.0. The summed E-state index contributed by atoms with van der Waals surface area (Å²) in [6, 6.07) is 16.3. The van der Waals surface area contributed by atoms with Crippen molar-refractivity contribution < 1.29 is 0 Å². The quantitative estimate of drug-likeness (QED) is 0.229. The zero-order valence-corrected chi connectivity index (χ0v) is 23.8. The van der Waals surface area contributed by atoms with Crippen molar-refractivity contribution in [3.05, 3.63) is 70.9 Å². The maximum atomic E-state index is 4.98. The van der Waals surface area contributed by atoms with E-state index in [9.17, 15) is 0 Å². The molecule has 174 valence electrons. The summed E-state index contributed by atoms with van der Waals surface area (Å²) >= 11 is 1.95. The number of pyridine rings is 1. The van der Waals surface area contributed by atoms with E-state index in [1.165, 1.54) is 58.8 Å². The van der Waals surface area contributed by atoms with Gasteiger partial charge in [-0.15, -0.1) is 11.3 Å². The number of thiophene rings is 1. The Balaban J connectivity index is 1.87. The third kappa shape index (κ3) is 3.70. The lowest BCUT2D eigenvalue weighted by molar-refractivity contribution is 0.596. The highest BCUT2D eigenvalue weighted by Gasteiger charge is 2.25. The van der Waals surface area contributed by atoms with E-state index in [-0.39, 0.29) is 5.41 Å². The number of nitrogens with zero attached hydrogens (tertiary/aromatic N) is 1. The fourth-order valence-electron chi connectivity index (χ4n) is 5.39. The number of rotatable bonds is 2. The van der Waals surface area contributed by atoms with E-state index >= 15 is 0 Å². The molecule has 0 aliphatic heterocycles. The van der Waals surface area contributed by atoms with Crippen LogP contribution in [0.4, 0.5) is 0 Å². The van der Waals surface area contributed by atoms with Crippen LogP contribution in [0, 0.1) is 20.8 Å². The first kappa shape index (κ1) is 23.3. The fourth-order valence-corrected chi connectivity index (χ4v) is 9.86. The second kappa shape index (κ2) is 7.76. The molecule has 0 atom stereocenters. The Bertz CT molecular complexity index is 1590. The summed E-state index contributed by atoms with van der Waals surface area (Å²) in [4.78, 5) is 4.98. The molecule has 0 N–H and O–H groups in total. The van der Waals surface area contributed by atoms with Crippen LogP contribution < -0.4 is 5.19 Å². The molecule has 0 fully saturated rings. The Hall–Kier alpha value is -2.49. The van der Waals surface area contributed by atoms with Crippen molar-refractivity contribution in [2.45, 2.75) is 66.6 Å². The van der Waals surface area contributed by atoms with E-state index in [2.05, 4.69) is 104 Å². The maximum absolute atomic E-state index is 4.98. The third-order valence-corrected chi connectivity index (χ3v) is 10.7. The van der Waals surface area contributed by atoms with Gasteiger partial charge in [-0.3, -0.25) is 4.98 Å². The Morgan fingerprint density at radius 2 is 1.41 bits per heavy atom. The number of benzene rings is 3. The van der Waals surface area contributed by atoms with Gasteiger partial charge in [-0.05, 0) is 77.0 Å². The van der Waals surface area contributed by atoms with Crippen LogP contribution in [0.1, 0.15) is 43.0 Å². The van der Waals surface area contributed by atoms with Gasteiger partial charge in [0.05, 0.1) is 18.5 Å². The number of fused-ring (bicyclic) bond motifs is 4. The number of aromatic nitrogens is 1. The van der Waals surface area contributed by atoms with Gasteiger partial charge in [-0.25, -0.2) is 0 Å². The van der Waals surface area contributed by atoms with Crippen molar-refractivity contribution in [3.8, 4) is 11.3 Å². The Kier molecular flexibility index (Phi) is 5.31. The first-order chi connectivity index (χ1) is 15.9. The van der Waals surface area contributed by atoms with E-state index in [4.69, 9.17) is 4.98 Å². The van der Waals surface area contributed by atoms with Crippen LogP contribution in [-0.2, 0) is 5.41 Å². The van der Waals surface area contributed by atoms with Gasteiger partial charge in [0.1, 0.15) is 0 Å². The molecule has 2 aromatic heterocycles. The van der Waals surface area contributed by atoms with Gasteiger partial charge in [0.25, 0.3) is 0 Å². The number of aryl methyl sites for hydroxylation is 3. The van der Waals surface area contributed by atoms with Crippen LogP contribution in [0.25, 0.3) is 42.2 Å². The molecule has 3 aromatic carbocycles. The zero-order valence-electron chi connectivity index (χ0n) is 22.0. The van der Waals surface area contributed by atoms with Crippen molar-refractivity contribution in [1.29, 1.82) is 0 Å². The number of hydrogen-bond donors (Lipinski definition) is 0. The molecule has 0 bridgehead atoms. The number of hydrogen-bond acceptors (Lipinski definition) is 2. The molecule has 0 saturated carbocycles. The average molecular weight is 482 g/mol. The molecular weight excluding hydrogens is 447 g/mol. The average Bonchev–Trinajstić information content (AvgIpc) is 3.10. The topological polar surface area (TPSA) is 12.9 Å². The fraction of sp³-hybridized carbons (Fsp3) is 0.323. The maximum Gasteiger partial charge on any atom is 0.0880 e. The SMILES string of the molecule is Cc1cc2cc(-c3nccc4c3sc3c([Si](C)(C)C)c(C)ccc34)cc(C(C)(C)C)c2cc1C. The van der Waals surface area contributed by atoms with E-state index < -0.39 is 8.07 Å². The minimum atomic E-state index is -1.49. The van der Waals surface area contributed by atoms with Crippen LogP contribution in [0.3, 0.4) is 0 Å². The highest BCUT2D eigenvalue weighted by Crippen LogP contribution is 2.42. The molecule has 1 nitrogen and oxygen atoms in total. The van der Waals surface area contributed by atoms with Gasteiger partial charge in [0.2, 0.25) is 0 Å². The molecule has 0 radical (unpaired) electrons. The van der Waals surface area contributed by atoms with Crippen LogP contribution in [0.15, 0.2) is 48.7 Å². The molecule has 5 aromatic rings. The molecule has 0 aliphatic carbocycles. The van der Waals surface area contributed by atoms with Crippen molar-refractivity contribution in [3.63, 3.8) is 0 Å². The summed E-state index contributed by atoms with van der Waals surface area (Å²) in [6.07, 6.45) is 2.00. The first-order valence-electron chi connectivity index (χ1n) is 12.2. The van der Waals surface area contributed by atoms with E-state index in [0.717, 1.165) is 5.69 Å². The summed E-state index contributed by atoms with van der Waals surface area (Å²) in [5, 5.41) is 6.98. The molecule has 0 spiro atoms. The molecule has 0 amide bonds. The van der Waals surface area contributed by atoms with Crippen molar-refractivity contribution in [2.24, 2.45) is 0 Å². The molecular formula is C31H35NSSi. The van der Waals surface area contributed by atoms with Crippen LogP contribution in [0.2, 0.25) is 19.6 Å². The highest BCUT2D eigenvalue weighted by atomic mass is 32.1. The molecule has 34 heavy (non-hydrogen) atoms. The Morgan fingerprint density at radius 1 is 0.735 bits per heavy atom. The van der Waals surface area contributed by atoms with Crippen LogP contribution >= 0.6 is 11.3 Å². The molecule has 0 aliphatic rings. The van der Waals surface area contributed by atoms with Gasteiger partial charge in [-0.1, -0.05) is 70.2 Å². The Morgan fingerprint density at radius 3 is 2.09 bits per heavy atom. The minimum absolute atomic E-state index is 0.0478. The Labute approximate surface area is 208 Å². The molecule has 2 heterocycles. The van der Waals surface area contributed by atoms with Crippen LogP contribution in [-0.4, -0.2) is 13.1 Å². The predicted octanol–water partition coefficient (Wildman–Crippen LogP) is 9.04. The lowest BCUT2D eigenvalue weighted by Gasteiger charge is -2.23. The standard InChI is InChI=1S/C31H35NSSi/c1-18-10-11-23-24-12-13-32-27(28(24)33-29(23)30(18)34(7,8)9)22-16-21-14-19(2)20(3)15-25(21)26(17-22)31(4,5)6/h10-17H,1-9H3. The molecule has 0 saturated heterocycles. The lowest BCUT2D eigenvalue weighted by atomic mass is 9.81. The highest BCUT2D eigenvalue weighted by molar-refractivity contribution is 7.28. The summed E-state index contributed by atoms with van der Waals surface area (Å²) in [5.74, 6) is 0. The predicted molar refractivity (Wildman–Crippen MR) is 156 cm³/mol. The largest absolute Gasteiger partial charge is 0.255 e. The normalized spacial score (nSPS) is 12.9. The van der Waals surface area contributed by atoms with Gasteiger partial charge >= 0.3 is 0 Å². The monoisotopic (exact) mass is 481 g/mol. The summed E-state index contributed by atoms with van der Waals surface area (Å²) < 4.78 is 2.78. The van der Waals surface area contributed by atoms with Crippen molar-refractivity contribution in [2.75, 3.05) is 0 Å². The van der Waals surface area contributed by atoms with Gasteiger partial charge in [-0.2, -0.15) is 0 Å². The van der Waals surface area contributed by atoms with E-state index in [1.807, 2.05) is 17.5 Å². The van der Waals surface area contributed by atoms with E-state index in [1.54, 1.807) is 5.19 Å². The van der Waals surface area contributed by atoms with Crippen molar-refractivity contribution in [1.82, 2.24) is 4.98 Å². The van der Waals surface area contributed by atoms with Gasteiger partial charge in [0.15, 0.2) is 0 Å². The molecule has 5 rings (SSSR count). The van der Waals surface area contributed by atoms with E-state index in [0.29, 0.717) is 0 Å². The molecule has 0 unspecified atom stereocenters. The molecule has 3 heteroatoms. The second-order valence-electron chi connectivity index (χ2n) is 12.0. The van der Waals surface area contributed by atoms with Gasteiger partial charge in [0, 0.05) is 27.2 Å². The smallest absolute Gasteiger partial charge is 0.0880 e. The zero-order chi connectivity index (χ0) is 24.6. The van der Waals surface area contributed by atoms with Gasteiger partial charge < -0.3 is 0 Å².